The normalized spacial score (nSPS) is 28.7. The van der Waals surface area contributed by atoms with E-state index in [0.717, 1.165) is 81.6 Å². The molecule has 0 spiro atoms. The van der Waals surface area contributed by atoms with Crippen molar-refractivity contribution in [2.75, 3.05) is 25.6 Å². The molecule has 1 aromatic carbocycles. The number of aryl methyl sites for hydroxylation is 1. The first kappa shape index (κ1) is 44.0. The molecule has 1 aromatic heterocycles. The van der Waals surface area contributed by atoms with Gasteiger partial charge < -0.3 is 35.1 Å². The minimum absolute atomic E-state index is 0.0161. The van der Waals surface area contributed by atoms with Crippen LogP contribution in [0.2, 0.25) is 0 Å². The highest BCUT2D eigenvalue weighted by Crippen LogP contribution is 2.46. The van der Waals surface area contributed by atoms with Gasteiger partial charge in [-0.15, -0.1) is 6.58 Å². The molecule has 4 bridgehead atoms. The van der Waals surface area contributed by atoms with E-state index < -0.39 is 68.7 Å². The van der Waals surface area contributed by atoms with Gasteiger partial charge in [-0.3, -0.25) is 19.1 Å². The van der Waals surface area contributed by atoms with E-state index in [1.54, 1.807) is 7.11 Å². The van der Waals surface area contributed by atoms with Crippen LogP contribution in [-0.2, 0) is 35.6 Å². The summed E-state index contributed by atoms with van der Waals surface area (Å²) in [7, 11) is -2.26. The first-order valence-electron chi connectivity index (χ1n) is 22.9. The SMILES string of the molecule is C=C[C@H]1C[C@]1(NC(=O)[C@@H]1C[C@@H]2CN1C(=O)[C@H](C1CCCCC1)NC(=O)OCC(C)(C)CCCc1cc3c(cc(NC4CCCCC4)nc3cc1OC)O2)C(=O)NS(=O)(=O)C1CC1. The van der Waals surface area contributed by atoms with Gasteiger partial charge in [0.15, 0.2) is 0 Å². The van der Waals surface area contributed by atoms with Crippen molar-refractivity contribution in [3.63, 3.8) is 0 Å². The van der Waals surface area contributed by atoms with Crippen LogP contribution in [0.1, 0.15) is 122 Å². The van der Waals surface area contributed by atoms with Gasteiger partial charge in [0.05, 0.1) is 31.0 Å². The molecule has 4 N–H and O–H groups in total. The highest BCUT2D eigenvalue weighted by molar-refractivity contribution is 7.91. The van der Waals surface area contributed by atoms with Gasteiger partial charge in [0.1, 0.15) is 41.0 Å². The average molecular weight is 877 g/mol. The number of ether oxygens (including phenoxy) is 3. The standard InChI is InChI=1S/C46H64N6O9S/c1-5-30-25-46(30,43(55)51-62(57,58)33-18-19-33)50-41(53)36-22-32-26-52(36)42(54)40(28-13-8-6-9-14-28)49-44(56)60-27-45(2,3)20-12-15-29-21-34-35(23-37(29)59-4)48-39(24-38(34)61-32)47-31-16-10-7-11-17-31/h5,21,23-24,28,30-33,36,40H,1,6-20,22,25-27H2,2-4H3,(H,47,48)(H,49,56)(H,50,53)(H,51,55)/t30-,32+,36-,40-,46+/m0/s1. The number of fused-ring (bicyclic) bond motifs is 3. The molecule has 8 rings (SSSR count). The number of anilines is 1. The molecular formula is C46H64N6O9S. The second kappa shape index (κ2) is 17.9. The van der Waals surface area contributed by atoms with Gasteiger partial charge in [-0.05, 0) is 87.2 Å². The Morgan fingerprint density at radius 2 is 1.73 bits per heavy atom. The zero-order valence-electron chi connectivity index (χ0n) is 36.5. The maximum Gasteiger partial charge on any atom is 0.407 e. The van der Waals surface area contributed by atoms with E-state index in [4.69, 9.17) is 19.2 Å². The summed E-state index contributed by atoms with van der Waals surface area (Å²) < 4.78 is 46.7. The van der Waals surface area contributed by atoms with Gasteiger partial charge >= 0.3 is 6.09 Å². The lowest BCUT2D eigenvalue weighted by Gasteiger charge is -2.35. The zero-order chi connectivity index (χ0) is 43.8. The minimum atomic E-state index is -3.91. The second-order valence-corrected chi connectivity index (χ2v) is 21.4. The molecule has 338 valence electrons. The molecule has 5 fully saturated rings. The molecule has 3 heterocycles. The highest BCUT2D eigenvalue weighted by Gasteiger charge is 2.62. The van der Waals surface area contributed by atoms with Crippen molar-refractivity contribution in [1.82, 2.24) is 25.2 Å². The van der Waals surface area contributed by atoms with Crippen LogP contribution in [0, 0.1) is 17.3 Å². The number of methoxy groups -OCH3 is 1. The van der Waals surface area contributed by atoms with E-state index in [-0.39, 0.29) is 43.4 Å². The van der Waals surface area contributed by atoms with Gasteiger partial charge in [0.25, 0.3) is 5.91 Å². The van der Waals surface area contributed by atoms with Gasteiger partial charge in [0, 0.05) is 35.9 Å². The molecule has 15 nitrogen and oxygen atoms in total. The number of aromatic nitrogens is 1. The van der Waals surface area contributed by atoms with Gasteiger partial charge in [-0.2, -0.15) is 0 Å². The Morgan fingerprint density at radius 3 is 2.40 bits per heavy atom. The summed E-state index contributed by atoms with van der Waals surface area (Å²) in [6.45, 7) is 8.10. The van der Waals surface area contributed by atoms with E-state index in [0.29, 0.717) is 42.1 Å². The molecule has 16 heteroatoms. The van der Waals surface area contributed by atoms with Crippen LogP contribution in [-0.4, -0.2) is 97.4 Å². The van der Waals surface area contributed by atoms with Crippen LogP contribution in [0.3, 0.4) is 0 Å². The van der Waals surface area contributed by atoms with E-state index in [1.165, 1.54) is 17.4 Å². The van der Waals surface area contributed by atoms with Crippen molar-refractivity contribution < 1.29 is 41.8 Å². The largest absolute Gasteiger partial charge is 0.496 e. The Balaban J connectivity index is 1.17. The van der Waals surface area contributed by atoms with Crippen molar-refractivity contribution in [3.8, 4) is 11.5 Å². The molecule has 2 aliphatic heterocycles. The molecule has 4 aliphatic carbocycles. The third-order valence-electron chi connectivity index (χ3n) is 14.1. The number of rotatable bonds is 10. The number of pyridine rings is 1. The lowest BCUT2D eigenvalue weighted by molar-refractivity contribution is -0.142. The fourth-order valence-electron chi connectivity index (χ4n) is 10.1. The number of cyclic esters (lactones) is 1. The highest BCUT2D eigenvalue weighted by atomic mass is 32.2. The van der Waals surface area contributed by atoms with Gasteiger partial charge in [-0.1, -0.05) is 58.4 Å². The first-order chi connectivity index (χ1) is 29.7. The molecule has 5 atom stereocenters. The van der Waals surface area contributed by atoms with Crippen LogP contribution in [0.5, 0.6) is 11.5 Å². The number of alkyl carbamates (subject to hydrolysis) is 1. The number of sulfonamides is 1. The molecule has 4 amide bonds. The zero-order valence-corrected chi connectivity index (χ0v) is 37.3. The van der Waals surface area contributed by atoms with E-state index >= 15 is 4.79 Å². The van der Waals surface area contributed by atoms with E-state index in [2.05, 4.69) is 47.2 Å². The number of hydrogen-bond donors (Lipinski definition) is 4. The van der Waals surface area contributed by atoms with Crippen LogP contribution >= 0.6 is 0 Å². The fourth-order valence-corrected chi connectivity index (χ4v) is 11.5. The summed E-state index contributed by atoms with van der Waals surface area (Å²) >= 11 is 0. The Labute approximate surface area is 365 Å². The average Bonchev–Trinajstić information content (AvgIpc) is 4.19. The van der Waals surface area contributed by atoms with E-state index in [9.17, 15) is 22.8 Å². The summed E-state index contributed by atoms with van der Waals surface area (Å²) in [5.41, 5.74) is -0.262. The Kier molecular flexibility index (Phi) is 12.7. The topological polar surface area (TPSA) is 194 Å². The van der Waals surface area contributed by atoms with E-state index in [1.807, 2.05) is 12.1 Å². The molecular weight excluding hydrogens is 813 g/mol. The monoisotopic (exact) mass is 876 g/mol. The summed E-state index contributed by atoms with van der Waals surface area (Å²) in [6.07, 6.45) is 13.4. The van der Waals surface area contributed by atoms with Crippen LogP contribution in [0.4, 0.5) is 10.6 Å². The lowest BCUT2D eigenvalue weighted by atomic mass is 9.83. The van der Waals surface area contributed by atoms with Crippen LogP contribution in [0.15, 0.2) is 30.9 Å². The van der Waals surface area contributed by atoms with Crippen molar-refractivity contribution in [2.24, 2.45) is 17.3 Å². The van der Waals surface area contributed by atoms with Crippen molar-refractivity contribution in [1.29, 1.82) is 0 Å². The first-order valence-corrected chi connectivity index (χ1v) is 24.4. The third kappa shape index (κ3) is 9.64. The smallest absolute Gasteiger partial charge is 0.407 e. The summed E-state index contributed by atoms with van der Waals surface area (Å²) in [5, 5.41) is 9.62. The third-order valence-corrected chi connectivity index (χ3v) is 15.9. The van der Waals surface area contributed by atoms with Crippen molar-refractivity contribution >= 4 is 50.6 Å². The van der Waals surface area contributed by atoms with Gasteiger partial charge in [0.2, 0.25) is 21.8 Å². The lowest BCUT2D eigenvalue weighted by Crippen LogP contribution is -2.59. The number of benzene rings is 1. The summed E-state index contributed by atoms with van der Waals surface area (Å²) in [5.74, 6) is -0.638. The molecule has 0 radical (unpaired) electrons. The number of hydrogen-bond acceptors (Lipinski definition) is 11. The maximum atomic E-state index is 15.1. The summed E-state index contributed by atoms with van der Waals surface area (Å²) in [6, 6.07) is 4.09. The number of carbonyl (C=O) groups is 4. The predicted molar refractivity (Wildman–Crippen MR) is 234 cm³/mol. The predicted octanol–water partition coefficient (Wildman–Crippen LogP) is 6.04. The number of nitrogens with one attached hydrogen (secondary N) is 4. The molecule has 1 saturated heterocycles. The summed E-state index contributed by atoms with van der Waals surface area (Å²) in [4.78, 5) is 63.7. The van der Waals surface area contributed by atoms with Crippen molar-refractivity contribution in [2.45, 2.75) is 158 Å². The Bertz CT molecular complexity index is 2170. The number of amides is 4. The molecule has 6 aliphatic rings. The molecule has 2 aromatic rings. The number of carbonyl (C=O) groups excluding carboxylic acids is 4. The quantitative estimate of drug-likeness (QED) is 0.203. The Morgan fingerprint density at radius 1 is 1.00 bits per heavy atom. The molecule has 62 heavy (non-hydrogen) atoms. The fraction of sp³-hybridized carbons (Fsp3) is 0.674. The van der Waals surface area contributed by atoms with Crippen LogP contribution < -0.4 is 30.1 Å². The van der Waals surface area contributed by atoms with Gasteiger partial charge in [-0.25, -0.2) is 18.2 Å². The second-order valence-electron chi connectivity index (χ2n) is 19.4. The van der Waals surface area contributed by atoms with Crippen molar-refractivity contribution in [3.05, 3.63) is 36.4 Å². The minimum Gasteiger partial charge on any atom is -0.496 e. The molecule has 4 saturated carbocycles. The van der Waals surface area contributed by atoms with Crippen LogP contribution in [0.25, 0.3) is 10.9 Å². The maximum absolute atomic E-state index is 15.1. The molecule has 0 unspecified atom stereocenters. The number of nitrogens with zero attached hydrogens (tertiary/aromatic N) is 2. The Hall–Kier alpha value is -4.60.